The molecule has 8 nitrogen and oxygen atoms in total. The average Bonchev–Trinajstić information content (AvgIpc) is 2.65. The van der Waals surface area contributed by atoms with Gasteiger partial charge in [-0.05, 0) is 57.1 Å². The summed E-state index contributed by atoms with van der Waals surface area (Å²) in [6, 6.07) is 7.33. The first-order chi connectivity index (χ1) is 12.6. The van der Waals surface area contributed by atoms with Gasteiger partial charge in [-0.25, -0.2) is 4.98 Å². The fraction of sp³-hybridized carbons (Fsp3) is 0.412. The second kappa shape index (κ2) is 8.29. The molecule has 0 radical (unpaired) electrons. The maximum Gasteiger partial charge on any atom is 0.329 e. The van der Waals surface area contributed by atoms with E-state index in [1.165, 1.54) is 6.20 Å². The van der Waals surface area contributed by atoms with Gasteiger partial charge in [-0.2, -0.15) is 4.98 Å². The lowest BCUT2D eigenvalue weighted by Gasteiger charge is -2.34. The van der Waals surface area contributed by atoms with Crippen molar-refractivity contribution < 1.29 is 4.92 Å². The van der Waals surface area contributed by atoms with Crippen molar-refractivity contribution in [3.05, 3.63) is 45.6 Å². The molecule has 0 aliphatic carbocycles. The first-order valence-corrected chi connectivity index (χ1v) is 8.97. The highest BCUT2D eigenvalue weighted by atomic mass is 35.5. The smallest absolute Gasteiger partial charge is 0.329 e. The van der Waals surface area contributed by atoms with Gasteiger partial charge in [0.1, 0.15) is 6.20 Å². The number of anilines is 3. The number of nitrogens with one attached hydrogen (secondary N) is 2. The lowest BCUT2D eigenvalue weighted by Crippen LogP contribution is -2.43. The number of halogens is 1. The monoisotopic (exact) mass is 376 g/mol. The minimum Gasteiger partial charge on any atom is -0.348 e. The van der Waals surface area contributed by atoms with E-state index < -0.39 is 4.92 Å². The highest BCUT2D eigenvalue weighted by Gasteiger charge is 2.28. The summed E-state index contributed by atoms with van der Waals surface area (Å²) >= 11 is 5.90. The van der Waals surface area contributed by atoms with Crippen LogP contribution in [0.3, 0.4) is 0 Å². The molecule has 2 heterocycles. The van der Waals surface area contributed by atoms with Gasteiger partial charge in [0.15, 0.2) is 0 Å². The van der Waals surface area contributed by atoms with Crippen LogP contribution in [0.25, 0.3) is 0 Å². The summed E-state index contributed by atoms with van der Waals surface area (Å²) in [5, 5.41) is 18.5. The van der Waals surface area contributed by atoms with Gasteiger partial charge in [-0.15, -0.1) is 0 Å². The third-order valence-electron chi connectivity index (χ3n) is 4.41. The van der Waals surface area contributed by atoms with E-state index in [1.54, 1.807) is 24.3 Å². The van der Waals surface area contributed by atoms with Crippen LogP contribution in [0.15, 0.2) is 30.5 Å². The zero-order valence-corrected chi connectivity index (χ0v) is 15.2. The minimum atomic E-state index is -0.425. The molecule has 26 heavy (non-hydrogen) atoms. The Morgan fingerprint density at radius 1 is 1.35 bits per heavy atom. The van der Waals surface area contributed by atoms with E-state index in [1.807, 2.05) is 11.8 Å². The van der Waals surface area contributed by atoms with Crippen LogP contribution in [0, 0.1) is 10.1 Å². The summed E-state index contributed by atoms with van der Waals surface area (Å²) in [4.78, 5) is 21.6. The lowest BCUT2D eigenvalue weighted by molar-refractivity contribution is -0.384. The Balaban J connectivity index is 1.92. The molecule has 1 aromatic heterocycles. The molecule has 0 amide bonds. The van der Waals surface area contributed by atoms with Gasteiger partial charge >= 0.3 is 5.69 Å². The van der Waals surface area contributed by atoms with Gasteiger partial charge in [0, 0.05) is 23.3 Å². The molecule has 0 atom stereocenters. The molecule has 1 fully saturated rings. The lowest BCUT2D eigenvalue weighted by atomic mass is 10.0. The third kappa shape index (κ3) is 4.20. The Morgan fingerprint density at radius 2 is 2.04 bits per heavy atom. The standard InChI is InChI=1S/C17H21ClN6O2/c1-2-23(14-7-9-19-10-8-14)16-15(24(25)26)11-20-17(22-16)21-13-5-3-12(18)4-6-13/h3-6,11,14,19H,2,7-10H2,1H3,(H,20,21,22). The van der Waals surface area contributed by atoms with Gasteiger partial charge in [0.2, 0.25) is 11.8 Å². The SMILES string of the molecule is CCN(c1nc(Nc2ccc(Cl)cc2)ncc1[N+](=O)[O-])C1CCNCC1. The quantitative estimate of drug-likeness (QED) is 0.589. The van der Waals surface area contributed by atoms with Crippen LogP contribution >= 0.6 is 11.6 Å². The first-order valence-electron chi connectivity index (χ1n) is 8.60. The van der Waals surface area contributed by atoms with Crippen LogP contribution in [-0.2, 0) is 0 Å². The number of benzene rings is 1. The molecule has 0 unspecified atom stereocenters. The zero-order chi connectivity index (χ0) is 18.5. The molecule has 9 heteroatoms. The molecular weight excluding hydrogens is 356 g/mol. The Bertz CT molecular complexity index is 764. The number of nitrogens with zero attached hydrogens (tertiary/aromatic N) is 4. The molecule has 1 aliphatic rings. The van der Waals surface area contributed by atoms with E-state index in [2.05, 4.69) is 20.6 Å². The van der Waals surface area contributed by atoms with Crippen molar-refractivity contribution >= 4 is 34.7 Å². The Labute approximate surface area is 156 Å². The fourth-order valence-corrected chi connectivity index (χ4v) is 3.25. The van der Waals surface area contributed by atoms with Crippen LogP contribution in [0.1, 0.15) is 19.8 Å². The molecule has 138 valence electrons. The van der Waals surface area contributed by atoms with Crippen molar-refractivity contribution in [1.82, 2.24) is 15.3 Å². The average molecular weight is 377 g/mol. The fourth-order valence-electron chi connectivity index (χ4n) is 3.13. The number of rotatable bonds is 6. The van der Waals surface area contributed by atoms with Crippen molar-refractivity contribution in [2.45, 2.75) is 25.8 Å². The van der Waals surface area contributed by atoms with Crippen molar-refractivity contribution in [3.8, 4) is 0 Å². The summed E-state index contributed by atoms with van der Waals surface area (Å²) in [5.41, 5.74) is 0.686. The maximum atomic E-state index is 11.5. The molecule has 0 spiro atoms. The Morgan fingerprint density at radius 3 is 2.65 bits per heavy atom. The predicted molar refractivity (Wildman–Crippen MR) is 102 cm³/mol. The zero-order valence-electron chi connectivity index (χ0n) is 14.5. The van der Waals surface area contributed by atoms with Crippen molar-refractivity contribution in [2.24, 2.45) is 0 Å². The normalized spacial score (nSPS) is 14.8. The number of hydrogen-bond acceptors (Lipinski definition) is 7. The third-order valence-corrected chi connectivity index (χ3v) is 4.66. The van der Waals surface area contributed by atoms with E-state index in [0.717, 1.165) is 31.6 Å². The van der Waals surface area contributed by atoms with E-state index >= 15 is 0 Å². The maximum absolute atomic E-state index is 11.5. The number of nitro groups is 1. The first kappa shape index (κ1) is 18.3. The highest BCUT2D eigenvalue weighted by molar-refractivity contribution is 6.30. The van der Waals surface area contributed by atoms with Crippen LogP contribution in [-0.4, -0.2) is 40.6 Å². The number of hydrogen-bond donors (Lipinski definition) is 2. The van der Waals surface area contributed by atoms with Gasteiger partial charge < -0.3 is 15.5 Å². The molecule has 2 N–H and O–H groups in total. The van der Waals surface area contributed by atoms with E-state index in [-0.39, 0.29) is 11.7 Å². The Kier molecular flexibility index (Phi) is 5.85. The van der Waals surface area contributed by atoms with Gasteiger partial charge in [-0.1, -0.05) is 11.6 Å². The molecule has 3 rings (SSSR count). The molecule has 0 saturated carbocycles. The number of aromatic nitrogens is 2. The van der Waals surface area contributed by atoms with E-state index in [0.29, 0.717) is 23.3 Å². The molecule has 1 aliphatic heterocycles. The highest BCUT2D eigenvalue weighted by Crippen LogP contribution is 2.30. The largest absolute Gasteiger partial charge is 0.348 e. The van der Waals surface area contributed by atoms with Crippen LogP contribution in [0.2, 0.25) is 5.02 Å². The van der Waals surface area contributed by atoms with Gasteiger partial charge in [0.05, 0.1) is 4.92 Å². The second-order valence-electron chi connectivity index (χ2n) is 6.06. The van der Waals surface area contributed by atoms with Gasteiger partial charge in [-0.3, -0.25) is 10.1 Å². The summed E-state index contributed by atoms with van der Waals surface area (Å²) in [5.74, 6) is 0.677. The second-order valence-corrected chi connectivity index (χ2v) is 6.50. The predicted octanol–water partition coefficient (Wildman–Crippen LogP) is 3.36. The van der Waals surface area contributed by atoms with E-state index in [9.17, 15) is 10.1 Å². The molecule has 2 aromatic rings. The topological polar surface area (TPSA) is 96.2 Å². The summed E-state index contributed by atoms with van der Waals surface area (Å²) < 4.78 is 0. The molecule has 1 aromatic carbocycles. The molecular formula is C17H21ClN6O2. The number of piperidine rings is 1. The van der Waals surface area contributed by atoms with Crippen molar-refractivity contribution in [2.75, 3.05) is 29.9 Å². The van der Waals surface area contributed by atoms with E-state index in [4.69, 9.17) is 11.6 Å². The minimum absolute atomic E-state index is 0.0768. The molecule has 1 saturated heterocycles. The van der Waals surface area contributed by atoms with Crippen LogP contribution in [0.4, 0.5) is 23.1 Å². The van der Waals surface area contributed by atoms with Crippen LogP contribution in [0.5, 0.6) is 0 Å². The van der Waals surface area contributed by atoms with Crippen molar-refractivity contribution in [1.29, 1.82) is 0 Å². The summed E-state index contributed by atoms with van der Waals surface area (Å²) in [6.45, 7) is 4.43. The Hall–Kier alpha value is -2.45. The van der Waals surface area contributed by atoms with Gasteiger partial charge in [0.25, 0.3) is 0 Å². The van der Waals surface area contributed by atoms with Crippen LogP contribution < -0.4 is 15.5 Å². The molecule has 0 bridgehead atoms. The summed E-state index contributed by atoms with van der Waals surface area (Å²) in [6.07, 6.45) is 3.12. The summed E-state index contributed by atoms with van der Waals surface area (Å²) in [7, 11) is 0. The van der Waals surface area contributed by atoms with Crippen molar-refractivity contribution in [3.63, 3.8) is 0 Å².